The van der Waals surface area contributed by atoms with Crippen LogP contribution in [0.15, 0.2) is 45.6 Å². The normalized spacial score (nSPS) is 23.1. The van der Waals surface area contributed by atoms with E-state index in [2.05, 4.69) is 22.3 Å². The van der Waals surface area contributed by atoms with Gasteiger partial charge in [-0.05, 0) is 56.1 Å². The first-order valence-corrected chi connectivity index (χ1v) is 13.4. The number of likely N-dealkylation sites (tertiary alicyclic amines) is 2. The second-order valence-corrected chi connectivity index (χ2v) is 10.9. The van der Waals surface area contributed by atoms with Crippen LogP contribution in [0.1, 0.15) is 65.4 Å². The van der Waals surface area contributed by atoms with Gasteiger partial charge in [0, 0.05) is 44.7 Å². The average molecular weight is 492 g/mol. The van der Waals surface area contributed by atoms with Gasteiger partial charge in [-0.2, -0.15) is 0 Å². The van der Waals surface area contributed by atoms with Crippen LogP contribution in [0.25, 0.3) is 0 Å². The first-order valence-electron chi connectivity index (χ1n) is 13.4. The Kier molecular flexibility index (Phi) is 7.28. The van der Waals surface area contributed by atoms with Gasteiger partial charge >= 0.3 is 5.63 Å². The zero-order valence-electron chi connectivity index (χ0n) is 21.4. The van der Waals surface area contributed by atoms with Crippen molar-refractivity contribution in [3.05, 3.63) is 69.3 Å². The molecule has 0 bridgehead atoms. The number of hydrogen-bond donors (Lipinski definition) is 1. The van der Waals surface area contributed by atoms with Gasteiger partial charge in [0.25, 0.3) is 5.91 Å². The lowest BCUT2D eigenvalue weighted by Crippen LogP contribution is -2.37. The second-order valence-electron chi connectivity index (χ2n) is 10.9. The number of aryl methyl sites for hydroxylation is 2. The number of benzene rings is 1. The predicted molar refractivity (Wildman–Crippen MR) is 138 cm³/mol. The number of nitrogens with one attached hydrogen (secondary N) is 1. The third kappa shape index (κ3) is 5.26. The summed E-state index contributed by atoms with van der Waals surface area (Å²) in [5.74, 6) is 1.64. The molecule has 2 saturated heterocycles. The fraction of sp³-hybridized carbons (Fsp3) is 0.552. The number of carbonyl (C=O) groups is 2. The maximum Gasteiger partial charge on any atom is 0.336 e. The second kappa shape index (κ2) is 10.6. The monoisotopic (exact) mass is 491 g/mol. The highest BCUT2D eigenvalue weighted by Gasteiger charge is 2.42. The van der Waals surface area contributed by atoms with Crippen molar-refractivity contribution in [3.63, 3.8) is 0 Å². The Morgan fingerprint density at radius 1 is 1.03 bits per heavy atom. The molecule has 1 N–H and O–H groups in total. The van der Waals surface area contributed by atoms with Crippen molar-refractivity contribution in [1.29, 1.82) is 0 Å². The molecule has 7 nitrogen and oxygen atoms in total. The SMILES string of the molecule is Cc1cc(=O)oc(C)c1C(=O)N1CC2CN(CC[C@H](NC(=O)C3CCCC3)c3ccccc3)CC2C1. The highest BCUT2D eigenvalue weighted by molar-refractivity contribution is 5.96. The van der Waals surface area contributed by atoms with Crippen molar-refractivity contribution >= 4 is 11.8 Å². The maximum absolute atomic E-state index is 13.2. The van der Waals surface area contributed by atoms with Crippen molar-refractivity contribution in [2.75, 3.05) is 32.7 Å². The van der Waals surface area contributed by atoms with Crippen molar-refractivity contribution in [2.45, 2.75) is 52.0 Å². The molecule has 3 aliphatic rings. The van der Waals surface area contributed by atoms with Gasteiger partial charge in [-0.25, -0.2) is 4.79 Å². The summed E-state index contributed by atoms with van der Waals surface area (Å²) >= 11 is 0. The first-order chi connectivity index (χ1) is 17.4. The Morgan fingerprint density at radius 3 is 2.33 bits per heavy atom. The third-order valence-electron chi connectivity index (χ3n) is 8.38. The van der Waals surface area contributed by atoms with E-state index in [0.29, 0.717) is 28.7 Å². The summed E-state index contributed by atoms with van der Waals surface area (Å²) in [6.07, 6.45) is 5.20. The number of carbonyl (C=O) groups excluding carboxylic acids is 2. The minimum absolute atomic E-state index is 0.0245. The van der Waals surface area contributed by atoms with E-state index < -0.39 is 5.63 Å². The fourth-order valence-electron chi connectivity index (χ4n) is 6.47. The summed E-state index contributed by atoms with van der Waals surface area (Å²) in [6.45, 7) is 7.81. The van der Waals surface area contributed by atoms with E-state index in [4.69, 9.17) is 4.42 Å². The van der Waals surface area contributed by atoms with E-state index in [0.717, 1.165) is 64.8 Å². The number of amides is 2. The molecular weight excluding hydrogens is 454 g/mol. The van der Waals surface area contributed by atoms with E-state index in [9.17, 15) is 14.4 Å². The Balaban J connectivity index is 1.17. The predicted octanol–water partition coefficient (Wildman–Crippen LogP) is 3.70. The van der Waals surface area contributed by atoms with Crippen molar-refractivity contribution in [1.82, 2.24) is 15.1 Å². The molecule has 5 rings (SSSR count). The zero-order chi connectivity index (χ0) is 25.2. The van der Waals surface area contributed by atoms with Gasteiger partial charge in [-0.3, -0.25) is 9.59 Å². The molecular formula is C29H37N3O4. The zero-order valence-corrected chi connectivity index (χ0v) is 21.4. The van der Waals surface area contributed by atoms with E-state index in [1.807, 2.05) is 23.1 Å². The Hall–Kier alpha value is -2.93. The lowest BCUT2D eigenvalue weighted by atomic mass is 10.0. The van der Waals surface area contributed by atoms with Gasteiger partial charge in [0.15, 0.2) is 0 Å². The van der Waals surface area contributed by atoms with Gasteiger partial charge in [0.1, 0.15) is 5.76 Å². The minimum atomic E-state index is -0.413. The Morgan fingerprint density at radius 2 is 1.69 bits per heavy atom. The Bertz CT molecular complexity index is 1110. The van der Waals surface area contributed by atoms with E-state index in [-0.39, 0.29) is 23.8 Å². The Labute approximate surface area is 212 Å². The summed E-state index contributed by atoms with van der Waals surface area (Å²) in [5.41, 5.74) is 1.96. The molecule has 3 atom stereocenters. The minimum Gasteiger partial charge on any atom is -0.427 e. The molecule has 2 aromatic rings. The van der Waals surface area contributed by atoms with Crippen LogP contribution in [-0.4, -0.2) is 54.3 Å². The molecule has 0 radical (unpaired) electrons. The quantitative estimate of drug-likeness (QED) is 0.639. The van der Waals surface area contributed by atoms with E-state index in [1.165, 1.54) is 11.6 Å². The summed E-state index contributed by atoms with van der Waals surface area (Å²) < 4.78 is 5.19. The molecule has 3 heterocycles. The standard InChI is InChI=1S/C29H37N3O4/c1-19-14-26(33)36-20(2)27(19)29(35)32-17-23-15-31(16-24(23)18-32)13-12-25(21-8-4-3-5-9-21)30-28(34)22-10-6-7-11-22/h3-5,8-9,14,22-25H,6-7,10-13,15-18H2,1-2H3,(H,30,34)/t23?,24?,25-/m0/s1. The van der Waals surface area contributed by atoms with Crippen LogP contribution in [-0.2, 0) is 4.79 Å². The summed E-state index contributed by atoms with van der Waals surface area (Å²) in [6, 6.07) is 11.7. The number of fused-ring (bicyclic) bond motifs is 1. The van der Waals surface area contributed by atoms with E-state index in [1.54, 1.807) is 13.8 Å². The number of rotatable bonds is 7. The van der Waals surface area contributed by atoms with Gasteiger partial charge in [-0.1, -0.05) is 43.2 Å². The first kappa shape index (κ1) is 24.8. The smallest absolute Gasteiger partial charge is 0.336 e. The number of hydrogen-bond acceptors (Lipinski definition) is 5. The van der Waals surface area contributed by atoms with Gasteiger partial charge in [-0.15, -0.1) is 0 Å². The van der Waals surface area contributed by atoms with Gasteiger partial charge in [0.2, 0.25) is 5.91 Å². The molecule has 0 spiro atoms. The lowest BCUT2D eigenvalue weighted by Gasteiger charge is -2.26. The molecule has 1 aromatic heterocycles. The molecule has 1 saturated carbocycles. The van der Waals surface area contributed by atoms with Crippen LogP contribution in [0.5, 0.6) is 0 Å². The van der Waals surface area contributed by atoms with Gasteiger partial charge < -0.3 is 19.5 Å². The van der Waals surface area contributed by atoms with Crippen LogP contribution >= 0.6 is 0 Å². The third-order valence-corrected chi connectivity index (χ3v) is 8.38. The van der Waals surface area contributed by atoms with Crippen LogP contribution in [0.2, 0.25) is 0 Å². The molecule has 1 aliphatic carbocycles. The largest absolute Gasteiger partial charge is 0.427 e. The molecule has 1 aromatic carbocycles. The fourth-order valence-corrected chi connectivity index (χ4v) is 6.47. The highest BCUT2D eigenvalue weighted by atomic mass is 16.4. The summed E-state index contributed by atoms with van der Waals surface area (Å²) in [5, 5.41) is 3.35. The van der Waals surface area contributed by atoms with Crippen LogP contribution in [0.3, 0.4) is 0 Å². The topological polar surface area (TPSA) is 82.9 Å². The average Bonchev–Trinajstić information content (AvgIpc) is 3.58. The summed E-state index contributed by atoms with van der Waals surface area (Å²) in [7, 11) is 0. The molecule has 36 heavy (non-hydrogen) atoms. The highest BCUT2D eigenvalue weighted by Crippen LogP contribution is 2.33. The molecule has 3 fully saturated rings. The lowest BCUT2D eigenvalue weighted by molar-refractivity contribution is -0.125. The maximum atomic E-state index is 13.2. The van der Waals surface area contributed by atoms with Gasteiger partial charge in [0.05, 0.1) is 11.6 Å². The van der Waals surface area contributed by atoms with Crippen LogP contribution in [0, 0.1) is 31.6 Å². The van der Waals surface area contributed by atoms with Crippen LogP contribution < -0.4 is 10.9 Å². The van der Waals surface area contributed by atoms with Crippen molar-refractivity contribution in [3.8, 4) is 0 Å². The molecule has 2 aliphatic heterocycles. The summed E-state index contributed by atoms with van der Waals surface area (Å²) in [4.78, 5) is 42.1. The van der Waals surface area contributed by atoms with E-state index >= 15 is 0 Å². The molecule has 192 valence electrons. The van der Waals surface area contributed by atoms with Crippen molar-refractivity contribution < 1.29 is 14.0 Å². The van der Waals surface area contributed by atoms with Crippen molar-refractivity contribution in [2.24, 2.45) is 17.8 Å². The molecule has 7 heteroatoms. The molecule has 2 unspecified atom stereocenters. The number of nitrogens with zero attached hydrogens (tertiary/aromatic N) is 2. The molecule has 2 amide bonds. The van der Waals surface area contributed by atoms with Crippen LogP contribution in [0.4, 0.5) is 0 Å².